The van der Waals surface area contributed by atoms with Crippen molar-refractivity contribution in [3.8, 4) is 5.75 Å². The summed E-state index contributed by atoms with van der Waals surface area (Å²) in [7, 11) is -2.08. The van der Waals surface area contributed by atoms with Crippen LogP contribution >= 0.6 is 0 Å². The van der Waals surface area contributed by atoms with Gasteiger partial charge in [-0.05, 0) is 24.4 Å². The van der Waals surface area contributed by atoms with E-state index in [9.17, 15) is 9.11 Å². The highest BCUT2D eigenvalue weighted by molar-refractivity contribution is 6.83. The van der Waals surface area contributed by atoms with E-state index in [1.54, 1.807) is 42.6 Å². The SMILES string of the molecule is Cc1ccc(C(=O)B(F)Oc2cccc3ccc4cccnc4c23)cc1. The van der Waals surface area contributed by atoms with Gasteiger partial charge in [-0.1, -0.05) is 60.2 Å². The largest absolute Gasteiger partial charge is 0.645 e. The lowest BCUT2D eigenvalue weighted by Crippen LogP contribution is -2.28. The summed E-state index contributed by atoms with van der Waals surface area (Å²) in [4.78, 5) is 16.7. The number of hydrogen-bond acceptors (Lipinski definition) is 3. The number of halogens is 1. The number of benzene rings is 3. The third-order valence-electron chi connectivity index (χ3n) is 4.35. The Bertz CT molecular complexity index is 1110. The third kappa shape index (κ3) is 2.92. The molecule has 4 rings (SSSR count). The van der Waals surface area contributed by atoms with E-state index < -0.39 is 12.9 Å². The lowest BCUT2D eigenvalue weighted by molar-refractivity contribution is 0.104. The Labute approximate surface area is 150 Å². The second kappa shape index (κ2) is 6.60. The molecule has 0 aliphatic rings. The molecule has 0 N–H and O–H groups in total. The first-order chi connectivity index (χ1) is 12.6. The number of hydrogen-bond donors (Lipinski definition) is 0. The van der Waals surface area contributed by atoms with Gasteiger partial charge in [0.2, 0.25) is 5.68 Å². The smallest absolute Gasteiger partial charge is 0.527 e. The van der Waals surface area contributed by atoms with Crippen LogP contribution in [0.2, 0.25) is 0 Å². The fraction of sp³-hybridized carbons (Fsp3) is 0.0476. The average molecular weight is 343 g/mol. The second-order valence-corrected chi connectivity index (χ2v) is 6.16. The fourth-order valence-electron chi connectivity index (χ4n) is 2.99. The van der Waals surface area contributed by atoms with Crippen LogP contribution in [0, 0.1) is 6.92 Å². The molecule has 3 aromatic carbocycles. The van der Waals surface area contributed by atoms with Crippen molar-refractivity contribution in [3.63, 3.8) is 0 Å². The predicted molar refractivity (Wildman–Crippen MR) is 102 cm³/mol. The second-order valence-electron chi connectivity index (χ2n) is 6.16. The molecule has 0 fully saturated rings. The van der Waals surface area contributed by atoms with Crippen LogP contribution in [0.25, 0.3) is 21.7 Å². The maximum Gasteiger partial charge on any atom is 0.645 e. The molecule has 0 bridgehead atoms. The minimum atomic E-state index is -2.08. The molecule has 0 spiro atoms. The molecule has 0 aliphatic heterocycles. The van der Waals surface area contributed by atoms with Gasteiger partial charge in [-0.2, -0.15) is 0 Å². The zero-order valence-corrected chi connectivity index (χ0v) is 14.1. The first-order valence-corrected chi connectivity index (χ1v) is 8.31. The van der Waals surface area contributed by atoms with Crippen LogP contribution in [0.3, 0.4) is 0 Å². The quantitative estimate of drug-likeness (QED) is 0.389. The van der Waals surface area contributed by atoms with Crippen molar-refractivity contribution in [2.45, 2.75) is 6.92 Å². The highest BCUT2D eigenvalue weighted by Gasteiger charge is 2.31. The molecule has 1 heterocycles. The lowest BCUT2D eigenvalue weighted by atomic mass is 9.81. The molecular formula is C21H15BFNO2. The van der Waals surface area contributed by atoms with Crippen LogP contribution in [0.4, 0.5) is 4.32 Å². The van der Waals surface area contributed by atoms with Gasteiger partial charge in [-0.25, -0.2) is 0 Å². The Hall–Kier alpha value is -3.21. The van der Waals surface area contributed by atoms with Crippen molar-refractivity contribution in [1.82, 2.24) is 4.98 Å². The van der Waals surface area contributed by atoms with Gasteiger partial charge in [0, 0.05) is 22.5 Å². The fourth-order valence-corrected chi connectivity index (χ4v) is 2.99. The molecule has 4 aromatic rings. The van der Waals surface area contributed by atoms with E-state index >= 15 is 0 Å². The molecule has 1 aromatic heterocycles. The van der Waals surface area contributed by atoms with Gasteiger partial charge >= 0.3 is 7.19 Å². The molecule has 3 nitrogen and oxygen atoms in total. The summed E-state index contributed by atoms with van der Waals surface area (Å²) in [6.45, 7) is 1.91. The summed E-state index contributed by atoms with van der Waals surface area (Å²) in [5, 5.41) is 2.50. The van der Waals surface area contributed by atoms with Crippen LogP contribution in [-0.2, 0) is 0 Å². The summed E-state index contributed by atoms with van der Waals surface area (Å²) in [5.74, 6) is 0.305. The van der Waals surface area contributed by atoms with Crippen molar-refractivity contribution in [2.24, 2.45) is 0 Å². The van der Waals surface area contributed by atoms with Crippen LogP contribution in [0.5, 0.6) is 5.75 Å². The number of pyridine rings is 1. The van der Waals surface area contributed by atoms with Gasteiger partial charge in [0.05, 0.1) is 5.52 Å². The third-order valence-corrected chi connectivity index (χ3v) is 4.35. The molecule has 0 saturated carbocycles. The summed E-state index contributed by atoms with van der Waals surface area (Å²) < 4.78 is 20.0. The normalized spacial score (nSPS) is 10.8. The Morgan fingerprint density at radius 2 is 1.69 bits per heavy atom. The topological polar surface area (TPSA) is 39.2 Å². The average Bonchev–Trinajstić information content (AvgIpc) is 2.68. The number of carbonyl (C=O) groups is 1. The van der Waals surface area contributed by atoms with E-state index in [0.29, 0.717) is 11.1 Å². The van der Waals surface area contributed by atoms with E-state index in [2.05, 4.69) is 4.98 Å². The number of aryl methyl sites for hydroxylation is 1. The molecule has 0 atom stereocenters. The van der Waals surface area contributed by atoms with Gasteiger partial charge < -0.3 is 4.65 Å². The minimum Gasteiger partial charge on any atom is -0.527 e. The summed E-state index contributed by atoms with van der Waals surface area (Å²) >= 11 is 0. The monoisotopic (exact) mass is 343 g/mol. The van der Waals surface area contributed by atoms with Gasteiger partial charge in [-0.15, -0.1) is 0 Å². The molecule has 0 saturated heterocycles. The zero-order valence-electron chi connectivity index (χ0n) is 14.1. The maximum absolute atomic E-state index is 14.6. The number of carbonyl (C=O) groups excluding carboxylic acids is 1. The molecular weight excluding hydrogens is 328 g/mol. The lowest BCUT2D eigenvalue weighted by Gasteiger charge is -2.12. The first-order valence-electron chi connectivity index (χ1n) is 8.31. The highest BCUT2D eigenvalue weighted by Crippen LogP contribution is 2.32. The summed E-state index contributed by atoms with van der Waals surface area (Å²) in [6.07, 6.45) is 1.68. The van der Waals surface area contributed by atoms with E-state index in [4.69, 9.17) is 4.65 Å². The Morgan fingerprint density at radius 1 is 0.962 bits per heavy atom. The van der Waals surface area contributed by atoms with Crippen LogP contribution in [0.15, 0.2) is 72.9 Å². The van der Waals surface area contributed by atoms with Crippen LogP contribution in [-0.4, -0.2) is 17.9 Å². The maximum atomic E-state index is 14.6. The van der Waals surface area contributed by atoms with Crippen molar-refractivity contribution in [2.75, 3.05) is 0 Å². The van der Waals surface area contributed by atoms with E-state index in [1.807, 2.05) is 37.3 Å². The van der Waals surface area contributed by atoms with Crippen molar-refractivity contribution >= 4 is 34.6 Å². The van der Waals surface area contributed by atoms with E-state index in [-0.39, 0.29) is 5.56 Å². The Morgan fingerprint density at radius 3 is 2.50 bits per heavy atom. The molecule has 0 radical (unpaired) electrons. The van der Waals surface area contributed by atoms with Gasteiger partial charge in [0.25, 0.3) is 0 Å². The molecule has 126 valence electrons. The van der Waals surface area contributed by atoms with Gasteiger partial charge in [0.1, 0.15) is 5.75 Å². The molecule has 0 amide bonds. The molecule has 0 unspecified atom stereocenters. The number of aromatic nitrogens is 1. The van der Waals surface area contributed by atoms with E-state index in [0.717, 1.165) is 21.9 Å². The number of nitrogens with zero attached hydrogens (tertiary/aromatic N) is 1. The summed E-state index contributed by atoms with van der Waals surface area (Å²) in [6, 6.07) is 19.8. The number of fused-ring (bicyclic) bond motifs is 3. The van der Waals surface area contributed by atoms with Crippen LogP contribution in [0.1, 0.15) is 15.9 Å². The Balaban J connectivity index is 1.73. The first kappa shape index (κ1) is 16.3. The van der Waals surface area contributed by atoms with E-state index in [1.165, 1.54) is 0 Å². The van der Waals surface area contributed by atoms with Gasteiger partial charge in [0.15, 0.2) is 0 Å². The highest BCUT2D eigenvalue weighted by atomic mass is 19.1. The summed E-state index contributed by atoms with van der Waals surface area (Å²) in [5.41, 5.74) is 1.31. The van der Waals surface area contributed by atoms with Crippen molar-refractivity contribution in [1.29, 1.82) is 0 Å². The van der Waals surface area contributed by atoms with Crippen molar-refractivity contribution < 1.29 is 13.8 Å². The molecule has 26 heavy (non-hydrogen) atoms. The zero-order chi connectivity index (χ0) is 18.1. The van der Waals surface area contributed by atoms with Crippen molar-refractivity contribution in [3.05, 3.63) is 84.1 Å². The molecule has 5 heteroatoms. The minimum absolute atomic E-state index is 0.284. The van der Waals surface area contributed by atoms with Gasteiger partial charge in [-0.3, -0.25) is 14.1 Å². The molecule has 0 aliphatic carbocycles. The standard InChI is InChI=1S/C21H15BFNO2/c1-14-7-9-17(10-8-14)21(25)22(23)26-18-6-2-4-15-11-12-16-5-3-13-24-20(16)19(15)18/h2-13H,1H3. The Kier molecular flexibility index (Phi) is 4.13. The van der Waals surface area contributed by atoms with Crippen LogP contribution < -0.4 is 4.65 Å². The number of rotatable bonds is 4. The predicted octanol–water partition coefficient (Wildman–Crippen LogP) is 4.96.